The lowest BCUT2D eigenvalue weighted by Crippen LogP contribution is -2.22. The van der Waals surface area contributed by atoms with Gasteiger partial charge in [0.1, 0.15) is 0 Å². The second kappa shape index (κ2) is 8.24. The number of aryl methyl sites for hydroxylation is 2. The molecule has 0 aliphatic rings. The number of rotatable bonds is 7. The molecule has 0 saturated carbocycles. The molecule has 0 aliphatic heterocycles. The van der Waals surface area contributed by atoms with Crippen LogP contribution in [-0.2, 0) is 17.8 Å². The highest BCUT2D eigenvalue weighted by molar-refractivity contribution is 5.75. The zero-order valence-electron chi connectivity index (χ0n) is 14.2. The summed E-state index contributed by atoms with van der Waals surface area (Å²) in [5, 5.41) is 10.8. The lowest BCUT2D eigenvalue weighted by atomic mass is 10.1. The molecular weight excluding hydrogens is 314 g/mol. The van der Waals surface area contributed by atoms with E-state index in [1.54, 1.807) is 0 Å². The lowest BCUT2D eigenvalue weighted by Gasteiger charge is -2.03. The highest BCUT2D eigenvalue weighted by Gasteiger charge is 2.09. The molecule has 0 unspecified atom stereocenters. The van der Waals surface area contributed by atoms with E-state index in [1.165, 1.54) is 11.1 Å². The van der Waals surface area contributed by atoms with Crippen LogP contribution in [0, 0.1) is 6.92 Å². The van der Waals surface area contributed by atoms with E-state index < -0.39 is 0 Å². The van der Waals surface area contributed by atoms with Gasteiger partial charge in [-0.2, -0.15) is 0 Å². The first-order valence-electron chi connectivity index (χ1n) is 8.41. The number of nitrogens with one attached hydrogen (secondary N) is 1. The number of nitrogens with zero attached hydrogens (tertiary/aromatic N) is 2. The molecule has 0 radical (unpaired) electrons. The maximum absolute atomic E-state index is 11.9. The summed E-state index contributed by atoms with van der Waals surface area (Å²) < 4.78 is 5.57. The van der Waals surface area contributed by atoms with Gasteiger partial charge in [0.15, 0.2) is 0 Å². The summed E-state index contributed by atoms with van der Waals surface area (Å²) in [6.07, 6.45) is 2.19. The first-order valence-corrected chi connectivity index (χ1v) is 8.41. The van der Waals surface area contributed by atoms with Gasteiger partial charge in [-0.1, -0.05) is 48.0 Å². The van der Waals surface area contributed by atoms with Gasteiger partial charge in [0.2, 0.25) is 17.7 Å². The molecule has 0 saturated heterocycles. The highest BCUT2D eigenvalue weighted by atomic mass is 16.4. The normalized spacial score (nSPS) is 10.6. The Morgan fingerprint density at radius 1 is 1.04 bits per heavy atom. The molecule has 5 nitrogen and oxygen atoms in total. The molecular formula is C20H21N3O2. The van der Waals surface area contributed by atoms with Crippen molar-refractivity contribution in [3.05, 3.63) is 71.6 Å². The van der Waals surface area contributed by atoms with Gasteiger partial charge in [0, 0.05) is 12.0 Å². The van der Waals surface area contributed by atoms with Gasteiger partial charge < -0.3 is 9.73 Å². The minimum Gasteiger partial charge on any atom is -0.419 e. The van der Waals surface area contributed by atoms with Crippen molar-refractivity contribution in [3.8, 4) is 11.5 Å². The number of hydrogen-bond acceptors (Lipinski definition) is 4. The minimum absolute atomic E-state index is 0.00780. The number of carbonyl (C=O) groups excluding carboxylic acids is 1. The predicted molar refractivity (Wildman–Crippen MR) is 95.7 cm³/mol. The molecule has 0 atom stereocenters. The van der Waals surface area contributed by atoms with Crippen molar-refractivity contribution >= 4 is 5.91 Å². The molecule has 0 spiro atoms. The number of aromatic nitrogens is 2. The van der Waals surface area contributed by atoms with E-state index in [0.29, 0.717) is 18.2 Å². The van der Waals surface area contributed by atoms with Crippen molar-refractivity contribution in [1.82, 2.24) is 15.5 Å². The number of hydrogen-bond donors (Lipinski definition) is 1. The molecule has 1 N–H and O–H groups in total. The van der Waals surface area contributed by atoms with Crippen LogP contribution in [0.4, 0.5) is 0 Å². The van der Waals surface area contributed by atoms with Crippen molar-refractivity contribution in [3.63, 3.8) is 0 Å². The van der Waals surface area contributed by atoms with E-state index in [1.807, 2.05) is 30.3 Å². The monoisotopic (exact) mass is 335 g/mol. The van der Waals surface area contributed by atoms with Crippen molar-refractivity contribution in [2.24, 2.45) is 0 Å². The lowest BCUT2D eigenvalue weighted by molar-refractivity contribution is -0.121. The first kappa shape index (κ1) is 16.9. The van der Waals surface area contributed by atoms with Crippen molar-refractivity contribution in [1.29, 1.82) is 0 Å². The Hall–Kier alpha value is -2.95. The molecule has 1 heterocycles. The van der Waals surface area contributed by atoms with Crippen molar-refractivity contribution < 1.29 is 9.21 Å². The molecule has 25 heavy (non-hydrogen) atoms. The Kier molecular flexibility index (Phi) is 5.57. The molecule has 1 aromatic heterocycles. The minimum atomic E-state index is -0.00780. The van der Waals surface area contributed by atoms with Crippen LogP contribution in [0.3, 0.4) is 0 Å². The molecule has 3 rings (SSSR count). The third-order valence-corrected chi connectivity index (χ3v) is 3.91. The summed E-state index contributed by atoms with van der Waals surface area (Å²) in [5.41, 5.74) is 3.37. The zero-order valence-corrected chi connectivity index (χ0v) is 14.2. The molecule has 0 fully saturated rings. The number of benzene rings is 2. The van der Waals surface area contributed by atoms with Crippen LogP contribution < -0.4 is 5.32 Å². The number of carbonyl (C=O) groups is 1. The maximum Gasteiger partial charge on any atom is 0.247 e. The summed E-state index contributed by atoms with van der Waals surface area (Å²) in [4.78, 5) is 11.9. The quantitative estimate of drug-likeness (QED) is 0.715. The summed E-state index contributed by atoms with van der Waals surface area (Å²) >= 11 is 0. The summed E-state index contributed by atoms with van der Waals surface area (Å²) in [5.74, 6) is 0.863. The van der Waals surface area contributed by atoms with Crippen LogP contribution >= 0.6 is 0 Å². The second-order valence-corrected chi connectivity index (χ2v) is 5.98. The van der Waals surface area contributed by atoms with Gasteiger partial charge in [-0.25, -0.2) is 0 Å². The van der Waals surface area contributed by atoms with Gasteiger partial charge in [0.05, 0.1) is 6.54 Å². The topological polar surface area (TPSA) is 68.0 Å². The van der Waals surface area contributed by atoms with E-state index in [2.05, 4.69) is 46.7 Å². The second-order valence-electron chi connectivity index (χ2n) is 5.98. The molecule has 0 bridgehead atoms. The zero-order chi connectivity index (χ0) is 17.5. The molecule has 1 amide bonds. The summed E-state index contributed by atoms with van der Waals surface area (Å²) in [6, 6.07) is 18.0. The SMILES string of the molecule is Cc1ccc(CCCC(=O)NCc2nnc(-c3ccccc3)o2)cc1. The smallest absolute Gasteiger partial charge is 0.247 e. The van der Waals surface area contributed by atoms with Gasteiger partial charge in [-0.05, 0) is 37.5 Å². The van der Waals surface area contributed by atoms with Crippen LogP contribution in [0.15, 0.2) is 59.0 Å². The van der Waals surface area contributed by atoms with Gasteiger partial charge in [0.25, 0.3) is 0 Å². The van der Waals surface area contributed by atoms with E-state index in [-0.39, 0.29) is 12.5 Å². The van der Waals surface area contributed by atoms with Gasteiger partial charge >= 0.3 is 0 Å². The Morgan fingerprint density at radius 3 is 2.56 bits per heavy atom. The fourth-order valence-electron chi connectivity index (χ4n) is 2.49. The van der Waals surface area contributed by atoms with Crippen LogP contribution in [-0.4, -0.2) is 16.1 Å². The molecule has 128 valence electrons. The Labute approximate surface area is 147 Å². The van der Waals surface area contributed by atoms with E-state index in [0.717, 1.165) is 18.4 Å². The summed E-state index contributed by atoms with van der Waals surface area (Å²) in [6.45, 7) is 2.32. The van der Waals surface area contributed by atoms with Crippen LogP contribution in [0.1, 0.15) is 29.9 Å². The van der Waals surface area contributed by atoms with Crippen molar-refractivity contribution in [2.45, 2.75) is 32.7 Å². The van der Waals surface area contributed by atoms with Crippen LogP contribution in [0.25, 0.3) is 11.5 Å². The molecule has 5 heteroatoms. The van der Waals surface area contributed by atoms with Gasteiger partial charge in [-0.15, -0.1) is 10.2 Å². The van der Waals surface area contributed by atoms with Crippen LogP contribution in [0.5, 0.6) is 0 Å². The number of amides is 1. The fourth-order valence-corrected chi connectivity index (χ4v) is 2.49. The third-order valence-electron chi connectivity index (χ3n) is 3.91. The molecule has 3 aromatic rings. The van der Waals surface area contributed by atoms with Crippen molar-refractivity contribution in [2.75, 3.05) is 0 Å². The largest absolute Gasteiger partial charge is 0.419 e. The predicted octanol–water partition coefficient (Wildman–Crippen LogP) is 3.68. The summed E-state index contributed by atoms with van der Waals surface area (Å²) in [7, 11) is 0. The first-order chi connectivity index (χ1) is 12.2. The Balaban J connectivity index is 1.42. The Morgan fingerprint density at radius 2 is 1.80 bits per heavy atom. The molecule has 2 aromatic carbocycles. The average molecular weight is 335 g/mol. The van der Waals surface area contributed by atoms with E-state index in [4.69, 9.17) is 4.42 Å². The van der Waals surface area contributed by atoms with Gasteiger partial charge in [-0.3, -0.25) is 4.79 Å². The van der Waals surface area contributed by atoms with Crippen LogP contribution in [0.2, 0.25) is 0 Å². The standard InChI is InChI=1S/C20H21N3O2/c1-15-10-12-16(13-11-15)6-5-9-18(24)21-14-19-22-23-20(25-19)17-7-3-2-4-8-17/h2-4,7-8,10-13H,5-6,9,14H2,1H3,(H,21,24). The van der Waals surface area contributed by atoms with E-state index in [9.17, 15) is 4.79 Å². The average Bonchev–Trinajstić information content (AvgIpc) is 3.11. The fraction of sp³-hybridized carbons (Fsp3) is 0.250. The maximum atomic E-state index is 11.9. The third kappa shape index (κ3) is 5.01. The van der Waals surface area contributed by atoms with E-state index >= 15 is 0 Å². The Bertz CT molecular complexity index is 810. The highest BCUT2D eigenvalue weighted by Crippen LogP contribution is 2.16. The molecule has 0 aliphatic carbocycles.